The Kier molecular flexibility index (Phi) is 8.25. The van der Waals surface area contributed by atoms with E-state index in [0.717, 1.165) is 36.7 Å². The molecular weight excluding hydrogens is 503 g/mol. The zero-order chi connectivity index (χ0) is 25.7. The molecule has 4 aromatic rings. The number of sulfone groups is 1. The lowest BCUT2D eigenvalue weighted by atomic mass is 10.1. The quantitative estimate of drug-likeness (QED) is 0.346. The van der Waals surface area contributed by atoms with Crippen LogP contribution in [0.2, 0.25) is 5.02 Å². The van der Waals surface area contributed by atoms with Gasteiger partial charge in [-0.2, -0.15) is 5.10 Å². The Morgan fingerprint density at radius 1 is 1.03 bits per heavy atom. The summed E-state index contributed by atoms with van der Waals surface area (Å²) in [5, 5.41) is 4.43. The van der Waals surface area contributed by atoms with E-state index in [1.807, 2.05) is 37.0 Å². The second-order valence-electron chi connectivity index (χ2n) is 8.84. The van der Waals surface area contributed by atoms with Crippen LogP contribution in [0.25, 0.3) is 22.4 Å². The van der Waals surface area contributed by atoms with Gasteiger partial charge < -0.3 is 0 Å². The van der Waals surface area contributed by atoms with Gasteiger partial charge in [0.25, 0.3) is 0 Å². The van der Waals surface area contributed by atoms with Crippen LogP contribution in [0.5, 0.6) is 0 Å². The first kappa shape index (κ1) is 26.1. The van der Waals surface area contributed by atoms with E-state index in [0.29, 0.717) is 38.9 Å². The highest BCUT2D eigenvalue weighted by Crippen LogP contribution is 2.33. The molecule has 0 bridgehead atoms. The lowest BCUT2D eigenvalue weighted by Gasteiger charge is -2.08. The third-order valence-corrected chi connectivity index (χ3v) is 7.98. The number of fused-ring (bicyclic) bond motifs is 1. The van der Waals surface area contributed by atoms with Crippen molar-refractivity contribution in [2.75, 3.05) is 11.5 Å². The molecule has 1 saturated heterocycles. The molecule has 2 aliphatic rings. The predicted octanol–water partition coefficient (Wildman–Crippen LogP) is 5.30. The Labute approximate surface area is 214 Å². The first-order valence-electron chi connectivity index (χ1n) is 11.8. The summed E-state index contributed by atoms with van der Waals surface area (Å²) in [6.07, 6.45) is 10.7. The van der Waals surface area contributed by atoms with E-state index >= 15 is 0 Å². The molecular formula is C25H28ClFN6O2S. The lowest BCUT2D eigenvalue weighted by molar-refractivity contribution is 0.575. The van der Waals surface area contributed by atoms with Crippen LogP contribution in [0.3, 0.4) is 0 Å². The van der Waals surface area contributed by atoms with Crippen LogP contribution >= 0.6 is 11.6 Å². The van der Waals surface area contributed by atoms with E-state index in [1.165, 1.54) is 25.2 Å². The van der Waals surface area contributed by atoms with Crippen molar-refractivity contribution in [1.29, 1.82) is 0 Å². The summed E-state index contributed by atoms with van der Waals surface area (Å²) in [6, 6.07) is 7.15. The molecule has 190 valence electrons. The molecule has 0 spiro atoms. The number of halogens is 2. The molecule has 0 amide bonds. The number of hydrogen-bond donors (Lipinski definition) is 0. The third kappa shape index (κ3) is 6.82. The Balaban J connectivity index is 0.000000155. The van der Waals surface area contributed by atoms with Crippen molar-refractivity contribution in [2.45, 2.75) is 52.0 Å². The highest BCUT2D eigenvalue weighted by atomic mass is 35.5. The number of aromatic nitrogens is 6. The minimum Gasteiger partial charge on any atom is -0.270 e. The maximum atomic E-state index is 14.1. The molecule has 1 aliphatic heterocycles. The van der Waals surface area contributed by atoms with E-state index in [4.69, 9.17) is 11.6 Å². The molecule has 4 heterocycles. The van der Waals surface area contributed by atoms with Gasteiger partial charge in [0.2, 0.25) is 0 Å². The fourth-order valence-corrected chi connectivity index (χ4v) is 5.33. The summed E-state index contributed by atoms with van der Waals surface area (Å²) in [4.78, 5) is 17.0. The number of aryl methyl sites for hydroxylation is 2. The largest absolute Gasteiger partial charge is 0.270 e. The smallest absolute Gasteiger partial charge is 0.182 e. The van der Waals surface area contributed by atoms with Crippen molar-refractivity contribution < 1.29 is 12.8 Å². The second-order valence-corrected chi connectivity index (χ2v) is 11.6. The van der Waals surface area contributed by atoms with Crippen molar-refractivity contribution in [2.24, 2.45) is 0 Å². The van der Waals surface area contributed by atoms with Crippen LogP contribution in [0, 0.1) is 19.7 Å². The summed E-state index contributed by atoms with van der Waals surface area (Å²) in [7, 11) is -2.58. The van der Waals surface area contributed by atoms with Crippen LogP contribution < -0.4 is 0 Å². The zero-order valence-electron chi connectivity index (χ0n) is 20.2. The summed E-state index contributed by atoms with van der Waals surface area (Å²) in [5.74, 6) is 0.400. The van der Waals surface area contributed by atoms with Crippen molar-refractivity contribution >= 4 is 32.6 Å². The third-order valence-electron chi connectivity index (χ3n) is 5.92. The maximum absolute atomic E-state index is 14.1. The van der Waals surface area contributed by atoms with Crippen molar-refractivity contribution in [3.05, 3.63) is 65.2 Å². The van der Waals surface area contributed by atoms with Crippen LogP contribution in [-0.4, -0.2) is 49.6 Å². The number of hydrogen-bond acceptors (Lipinski definition) is 7. The van der Waals surface area contributed by atoms with Gasteiger partial charge in [-0.3, -0.25) is 4.68 Å². The molecule has 1 aliphatic carbocycles. The van der Waals surface area contributed by atoms with E-state index < -0.39 is 15.7 Å². The summed E-state index contributed by atoms with van der Waals surface area (Å²) < 4.78 is 37.4. The highest BCUT2D eigenvalue weighted by molar-refractivity contribution is 7.91. The Hall–Kier alpha value is -2.98. The molecule has 1 saturated carbocycles. The molecule has 0 atom stereocenters. The van der Waals surface area contributed by atoms with Crippen molar-refractivity contribution in [1.82, 2.24) is 29.7 Å². The second kappa shape index (κ2) is 11.4. The Morgan fingerprint density at radius 3 is 2.33 bits per heavy atom. The molecule has 0 unspecified atom stereocenters. The van der Waals surface area contributed by atoms with Crippen LogP contribution in [0.1, 0.15) is 49.5 Å². The number of nitrogens with zero attached hydrogens (tertiary/aromatic N) is 6. The minimum atomic E-state index is -2.58. The maximum Gasteiger partial charge on any atom is 0.182 e. The monoisotopic (exact) mass is 530 g/mol. The first-order chi connectivity index (χ1) is 17.2. The molecule has 6 rings (SSSR count). The SMILES string of the molecule is Cc1nc2ncnc(-c3ccc(Cl)cc3F)c2nc1C.O=S1(=O)CCCCC1.c1cnn(C2CC2)c1. The molecule has 1 aromatic carbocycles. The first-order valence-corrected chi connectivity index (χ1v) is 14.0. The van der Waals surface area contributed by atoms with E-state index in [1.54, 1.807) is 12.1 Å². The number of rotatable bonds is 2. The molecule has 8 nitrogen and oxygen atoms in total. The van der Waals surface area contributed by atoms with E-state index in [9.17, 15) is 12.8 Å². The van der Waals surface area contributed by atoms with E-state index in [2.05, 4.69) is 25.0 Å². The van der Waals surface area contributed by atoms with Gasteiger partial charge in [0.05, 0.1) is 28.9 Å². The molecule has 36 heavy (non-hydrogen) atoms. The predicted molar refractivity (Wildman–Crippen MR) is 138 cm³/mol. The van der Waals surface area contributed by atoms with Gasteiger partial charge in [0.1, 0.15) is 33.2 Å². The van der Waals surface area contributed by atoms with Gasteiger partial charge in [-0.05, 0) is 63.8 Å². The lowest BCUT2D eigenvalue weighted by Crippen LogP contribution is -2.15. The highest BCUT2D eigenvalue weighted by Gasteiger charge is 2.23. The molecule has 0 radical (unpaired) electrons. The Bertz CT molecular complexity index is 1430. The molecule has 11 heteroatoms. The molecule has 2 fully saturated rings. The minimum absolute atomic E-state index is 0.333. The standard InChI is InChI=1S/C14H10ClFN4.C6H8N2.C5H10O2S/c1-7-8(2)20-14-13(19-7)12(17-6-18-14)10-4-3-9(15)5-11(10)16;1-4-7-8(5-1)6-2-3-6;6-8(7)4-2-1-3-5-8/h3-6H,1-2H3;1,4-6H,2-3H2;1-5H2. The molecule has 3 aromatic heterocycles. The van der Waals surface area contributed by atoms with Crippen LogP contribution in [-0.2, 0) is 9.84 Å². The topological polar surface area (TPSA) is 104 Å². The average Bonchev–Trinajstić information content (AvgIpc) is 3.54. The molecule has 0 N–H and O–H groups in total. The van der Waals surface area contributed by atoms with Crippen LogP contribution in [0.15, 0.2) is 43.0 Å². The van der Waals surface area contributed by atoms with Gasteiger partial charge in [0, 0.05) is 23.0 Å². The van der Waals surface area contributed by atoms with Crippen molar-refractivity contribution in [3.63, 3.8) is 0 Å². The Morgan fingerprint density at radius 2 is 1.75 bits per heavy atom. The fourth-order valence-electron chi connectivity index (χ4n) is 3.68. The van der Waals surface area contributed by atoms with Gasteiger partial charge in [-0.25, -0.2) is 32.7 Å². The van der Waals surface area contributed by atoms with Gasteiger partial charge in [-0.1, -0.05) is 18.0 Å². The summed E-state index contributed by atoms with van der Waals surface area (Å²) >= 11 is 5.77. The summed E-state index contributed by atoms with van der Waals surface area (Å²) in [6.45, 7) is 3.70. The van der Waals surface area contributed by atoms with Gasteiger partial charge in [0.15, 0.2) is 5.65 Å². The number of benzene rings is 1. The normalized spacial score (nSPS) is 16.4. The summed E-state index contributed by atoms with van der Waals surface area (Å²) in [5.41, 5.74) is 3.24. The average molecular weight is 531 g/mol. The van der Waals surface area contributed by atoms with Gasteiger partial charge in [-0.15, -0.1) is 0 Å². The van der Waals surface area contributed by atoms with E-state index in [-0.39, 0.29) is 0 Å². The van der Waals surface area contributed by atoms with Crippen molar-refractivity contribution in [3.8, 4) is 11.3 Å². The van der Waals surface area contributed by atoms with Gasteiger partial charge >= 0.3 is 0 Å². The van der Waals surface area contributed by atoms with Crippen LogP contribution in [0.4, 0.5) is 4.39 Å². The zero-order valence-corrected chi connectivity index (χ0v) is 21.8. The fraction of sp³-hybridized carbons (Fsp3) is 0.400.